The van der Waals surface area contributed by atoms with Crippen molar-refractivity contribution in [3.8, 4) is 0 Å². The molecule has 3 aromatic carbocycles. The summed E-state index contributed by atoms with van der Waals surface area (Å²) in [4.78, 5) is 2.42. The lowest BCUT2D eigenvalue weighted by molar-refractivity contribution is 0.248. The van der Waals surface area contributed by atoms with Crippen LogP contribution in [0.4, 0.5) is 11.4 Å². The molecule has 0 aliphatic carbocycles. The summed E-state index contributed by atoms with van der Waals surface area (Å²) < 4.78 is 0. The Balaban J connectivity index is 1.76. The lowest BCUT2D eigenvalue weighted by Gasteiger charge is -2.23. The van der Waals surface area contributed by atoms with E-state index in [1.165, 1.54) is 16.7 Å². The van der Waals surface area contributed by atoms with Gasteiger partial charge < -0.3 is 11.5 Å². The molecule has 3 heteroatoms. The quantitative estimate of drug-likeness (QED) is 0.674. The standard InChI is InChI=1S/C21H23N3/c22-20-10-6-18(7-11-20)15-24(14-17-4-2-1-3-5-17)16-19-8-12-21(23)13-9-19/h1-13H,14-16,22-23H2. The van der Waals surface area contributed by atoms with Gasteiger partial charge in [0.05, 0.1) is 0 Å². The first kappa shape index (κ1) is 16.1. The van der Waals surface area contributed by atoms with E-state index in [4.69, 9.17) is 11.5 Å². The van der Waals surface area contributed by atoms with E-state index in [2.05, 4.69) is 53.4 Å². The molecule has 3 rings (SSSR count). The Kier molecular flexibility index (Phi) is 5.14. The molecule has 0 unspecified atom stereocenters. The van der Waals surface area contributed by atoms with Crippen molar-refractivity contribution >= 4 is 11.4 Å². The molecule has 0 atom stereocenters. The molecule has 0 aliphatic rings. The molecule has 0 saturated carbocycles. The van der Waals surface area contributed by atoms with Crippen LogP contribution in [0.2, 0.25) is 0 Å². The first-order valence-electron chi connectivity index (χ1n) is 8.14. The van der Waals surface area contributed by atoms with E-state index in [0.29, 0.717) is 0 Å². The molecule has 0 saturated heterocycles. The van der Waals surface area contributed by atoms with Crippen LogP contribution in [-0.2, 0) is 19.6 Å². The maximum absolute atomic E-state index is 5.79. The maximum atomic E-state index is 5.79. The molecule has 3 aromatic rings. The second kappa shape index (κ2) is 7.66. The average Bonchev–Trinajstić information content (AvgIpc) is 2.60. The van der Waals surface area contributed by atoms with Crippen LogP contribution in [0.3, 0.4) is 0 Å². The number of nitrogens with two attached hydrogens (primary N) is 2. The van der Waals surface area contributed by atoms with Crippen molar-refractivity contribution in [2.24, 2.45) is 0 Å². The van der Waals surface area contributed by atoms with Crippen LogP contribution in [-0.4, -0.2) is 4.90 Å². The Labute approximate surface area is 143 Å². The lowest BCUT2D eigenvalue weighted by Crippen LogP contribution is -2.22. The largest absolute Gasteiger partial charge is 0.399 e. The maximum Gasteiger partial charge on any atom is 0.0314 e. The Morgan fingerprint density at radius 2 is 0.875 bits per heavy atom. The molecule has 0 aliphatic heterocycles. The van der Waals surface area contributed by atoms with Crippen molar-refractivity contribution in [3.63, 3.8) is 0 Å². The molecule has 0 radical (unpaired) electrons. The summed E-state index contributed by atoms with van der Waals surface area (Å²) in [7, 11) is 0. The van der Waals surface area contributed by atoms with E-state index in [-0.39, 0.29) is 0 Å². The fourth-order valence-corrected chi connectivity index (χ4v) is 2.77. The Hall–Kier alpha value is -2.78. The van der Waals surface area contributed by atoms with Gasteiger partial charge in [-0.15, -0.1) is 0 Å². The predicted molar refractivity (Wildman–Crippen MR) is 101 cm³/mol. The van der Waals surface area contributed by atoms with E-state index < -0.39 is 0 Å². The highest BCUT2D eigenvalue weighted by atomic mass is 15.1. The second-order valence-corrected chi connectivity index (χ2v) is 6.11. The van der Waals surface area contributed by atoms with Gasteiger partial charge in [-0.1, -0.05) is 54.6 Å². The third-order valence-electron chi connectivity index (χ3n) is 4.02. The zero-order valence-electron chi connectivity index (χ0n) is 13.7. The van der Waals surface area contributed by atoms with Gasteiger partial charge in [-0.25, -0.2) is 0 Å². The minimum atomic E-state index is 0.798. The van der Waals surface area contributed by atoms with Gasteiger partial charge in [-0.3, -0.25) is 4.90 Å². The van der Waals surface area contributed by atoms with E-state index in [9.17, 15) is 0 Å². The summed E-state index contributed by atoms with van der Waals surface area (Å²) in [5.74, 6) is 0. The molecular formula is C21H23N3. The van der Waals surface area contributed by atoms with E-state index in [1.807, 2.05) is 30.3 Å². The summed E-state index contributed by atoms with van der Waals surface area (Å²) in [6.07, 6.45) is 0. The average molecular weight is 317 g/mol. The van der Waals surface area contributed by atoms with Gasteiger partial charge in [-0.05, 0) is 41.0 Å². The number of nitrogens with zero attached hydrogens (tertiary/aromatic N) is 1. The zero-order chi connectivity index (χ0) is 16.8. The smallest absolute Gasteiger partial charge is 0.0314 e. The summed E-state index contributed by atoms with van der Waals surface area (Å²) in [6.45, 7) is 2.65. The normalized spacial score (nSPS) is 10.9. The molecular weight excluding hydrogens is 294 g/mol. The van der Waals surface area contributed by atoms with Crippen LogP contribution in [0.15, 0.2) is 78.9 Å². The topological polar surface area (TPSA) is 55.3 Å². The number of hydrogen-bond donors (Lipinski definition) is 2. The van der Waals surface area contributed by atoms with Gasteiger partial charge in [0, 0.05) is 31.0 Å². The summed E-state index contributed by atoms with van der Waals surface area (Å²) in [5.41, 5.74) is 17.0. The highest BCUT2D eigenvalue weighted by Gasteiger charge is 2.08. The van der Waals surface area contributed by atoms with Gasteiger partial charge in [-0.2, -0.15) is 0 Å². The van der Waals surface area contributed by atoms with E-state index in [0.717, 1.165) is 31.0 Å². The molecule has 0 amide bonds. The van der Waals surface area contributed by atoms with Crippen LogP contribution in [0.1, 0.15) is 16.7 Å². The van der Waals surface area contributed by atoms with Crippen LogP contribution < -0.4 is 11.5 Å². The van der Waals surface area contributed by atoms with Gasteiger partial charge in [0.1, 0.15) is 0 Å². The molecule has 0 heterocycles. The van der Waals surface area contributed by atoms with E-state index in [1.54, 1.807) is 0 Å². The zero-order valence-corrected chi connectivity index (χ0v) is 13.7. The van der Waals surface area contributed by atoms with Crippen molar-refractivity contribution in [2.75, 3.05) is 11.5 Å². The fourth-order valence-electron chi connectivity index (χ4n) is 2.77. The molecule has 0 fully saturated rings. The monoisotopic (exact) mass is 317 g/mol. The van der Waals surface area contributed by atoms with Gasteiger partial charge >= 0.3 is 0 Å². The molecule has 0 spiro atoms. The third-order valence-corrected chi connectivity index (χ3v) is 4.02. The lowest BCUT2D eigenvalue weighted by atomic mass is 10.1. The van der Waals surface area contributed by atoms with Crippen LogP contribution in [0.5, 0.6) is 0 Å². The van der Waals surface area contributed by atoms with Gasteiger partial charge in [0.2, 0.25) is 0 Å². The molecule has 122 valence electrons. The highest BCUT2D eigenvalue weighted by molar-refractivity contribution is 5.40. The number of rotatable bonds is 6. The molecule has 0 bridgehead atoms. The number of nitrogen functional groups attached to an aromatic ring is 2. The number of benzene rings is 3. The number of anilines is 2. The Morgan fingerprint density at radius 1 is 0.500 bits per heavy atom. The van der Waals surface area contributed by atoms with Crippen molar-refractivity contribution < 1.29 is 0 Å². The van der Waals surface area contributed by atoms with Gasteiger partial charge in [0.25, 0.3) is 0 Å². The Morgan fingerprint density at radius 3 is 1.29 bits per heavy atom. The summed E-state index contributed by atoms with van der Waals surface area (Å²) in [5, 5.41) is 0. The van der Waals surface area contributed by atoms with Gasteiger partial charge in [0.15, 0.2) is 0 Å². The molecule has 0 aromatic heterocycles. The van der Waals surface area contributed by atoms with Crippen molar-refractivity contribution in [2.45, 2.75) is 19.6 Å². The van der Waals surface area contributed by atoms with Crippen LogP contribution in [0, 0.1) is 0 Å². The first-order chi connectivity index (χ1) is 11.7. The SMILES string of the molecule is Nc1ccc(CN(Cc2ccccc2)Cc2ccc(N)cc2)cc1. The first-order valence-corrected chi connectivity index (χ1v) is 8.14. The van der Waals surface area contributed by atoms with E-state index >= 15 is 0 Å². The fraction of sp³-hybridized carbons (Fsp3) is 0.143. The Bertz CT molecular complexity index is 702. The molecule has 3 nitrogen and oxygen atoms in total. The van der Waals surface area contributed by atoms with Crippen LogP contribution >= 0.6 is 0 Å². The van der Waals surface area contributed by atoms with Crippen molar-refractivity contribution in [3.05, 3.63) is 95.6 Å². The summed E-state index contributed by atoms with van der Waals surface area (Å²) >= 11 is 0. The predicted octanol–water partition coefficient (Wildman–Crippen LogP) is 4.05. The van der Waals surface area contributed by atoms with Crippen LogP contribution in [0.25, 0.3) is 0 Å². The third kappa shape index (κ3) is 4.61. The van der Waals surface area contributed by atoms with Crippen molar-refractivity contribution in [1.82, 2.24) is 4.90 Å². The number of hydrogen-bond acceptors (Lipinski definition) is 3. The van der Waals surface area contributed by atoms with Crippen molar-refractivity contribution in [1.29, 1.82) is 0 Å². The molecule has 4 N–H and O–H groups in total. The minimum Gasteiger partial charge on any atom is -0.399 e. The minimum absolute atomic E-state index is 0.798. The second-order valence-electron chi connectivity index (χ2n) is 6.11. The highest BCUT2D eigenvalue weighted by Crippen LogP contribution is 2.16. The summed E-state index contributed by atoms with van der Waals surface area (Å²) in [6, 6.07) is 26.8. The molecule has 24 heavy (non-hydrogen) atoms.